The van der Waals surface area contributed by atoms with Crippen LogP contribution in [0.1, 0.15) is 41.0 Å². The number of aromatic nitrogens is 1. The number of aromatic amines is 1. The maximum atomic E-state index is 13.0. The summed E-state index contributed by atoms with van der Waals surface area (Å²) in [7, 11) is 0. The standard InChI is InChI=1S/C20H19N3O3/c1-2-18-19-16(15-5-3-4-6-17(15)21-19)11-12-22(18)20(24)13-7-9-14(10-8-13)23(25)26/h3-10,18,21H,2,11-12H2,1H3. The van der Waals surface area contributed by atoms with Crippen molar-refractivity contribution in [2.45, 2.75) is 25.8 Å². The zero-order valence-electron chi connectivity index (χ0n) is 14.4. The SMILES string of the molecule is CCC1c2[nH]c3ccccc3c2CCN1C(=O)c1ccc([N+](=O)[O-])cc1. The number of H-pyrrole nitrogens is 1. The van der Waals surface area contributed by atoms with E-state index in [2.05, 4.69) is 24.0 Å². The molecule has 132 valence electrons. The Balaban J connectivity index is 1.68. The minimum atomic E-state index is -0.458. The Labute approximate surface area is 150 Å². The number of amides is 1. The van der Waals surface area contributed by atoms with E-state index in [-0.39, 0.29) is 17.6 Å². The van der Waals surface area contributed by atoms with Gasteiger partial charge in [-0.25, -0.2) is 0 Å². The molecule has 1 unspecified atom stereocenters. The molecule has 2 heterocycles. The summed E-state index contributed by atoms with van der Waals surface area (Å²) in [4.78, 5) is 28.7. The van der Waals surface area contributed by atoms with Gasteiger partial charge in [-0.05, 0) is 36.6 Å². The van der Waals surface area contributed by atoms with Gasteiger partial charge in [0, 0.05) is 40.8 Å². The maximum Gasteiger partial charge on any atom is 0.269 e. The maximum absolute atomic E-state index is 13.0. The van der Waals surface area contributed by atoms with Gasteiger partial charge in [0.15, 0.2) is 0 Å². The highest BCUT2D eigenvalue weighted by Gasteiger charge is 2.32. The van der Waals surface area contributed by atoms with Crippen LogP contribution in [0.4, 0.5) is 5.69 Å². The van der Waals surface area contributed by atoms with Crippen LogP contribution in [-0.4, -0.2) is 27.3 Å². The van der Waals surface area contributed by atoms with Crippen LogP contribution in [0.15, 0.2) is 48.5 Å². The summed E-state index contributed by atoms with van der Waals surface area (Å²) in [6, 6.07) is 14.0. The van der Waals surface area contributed by atoms with Gasteiger partial charge in [0.2, 0.25) is 0 Å². The first-order valence-electron chi connectivity index (χ1n) is 8.75. The van der Waals surface area contributed by atoms with Crippen molar-refractivity contribution in [2.24, 2.45) is 0 Å². The highest BCUT2D eigenvalue weighted by atomic mass is 16.6. The number of hydrogen-bond donors (Lipinski definition) is 1. The Hall–Kier alpha value is -3.15. The average Bonchev–Trinajstić information content (AvgIpc) is 3.05. The van der Waals surface area contributed by atoms with Crippen molar-refractivity contribution in [2.75, 3.05) is 6.54 Å². The number of carbonyl (C=O) groups excluding carboxylic acids is 1. The van der Waals surface area contributed by atoms with Gasteiger partial charge in [0.25, 0.3) is 11.6 Å². The lowest BCUT2D eigenvalue weighted by Crippen LogP contribution is -2.39. The van der Waals surface area contributed by atoms with E-state index in [1.165, 1.54) is 35.2 Å². The molecule has 6 heteroatoms. The van der Waals surface area contributed by atoms with Gasteiger partial charge in [-0.1, -0.05) is 25.1 Å². The summed E-state index contributed by atoms with van der Waals surface area (Å²) in [6.07, 6.45) is 1.60. The van der Waals surface area contributed by atoms with Crippen LogP contribution in [-0.2, 0) is 6.42 Å². The minimum absolute atomic E-state index is 0.00913. The number of nitrogens with one attached hydrogen (secondary N) is 1. The van der Waals surface area contributed by atoms with Gasteiger partial charge in [-0.15, -0.1) is 0 Å². The van der Waals surface area contributed by atoms with Gasteiger partial charge in [-0.2, -0.15) is 0 Å². The summed E-state index contributed by atoms with van der Waals surface area (Å²) < 4.78 is 0. The molecule has 0 aliphatic carbocycles. The van der Waals surface area contributed by atoms with E-state index < -0.39 is 4.92 Å². The van der Waals surface area contributed by atoms with E-state index >= 15 is 0 Å². The smallest absolute Gasteiger partial charge is 0.269 e. The number of rotatable bonds is 3. The second-order valence-electron chi connectivity index (χ2n) is 6.54. The Morgan fingerprint density at radius 3 is 2.65 bits per heavy atom. The first-order valence-corrected chi connectivity index (χ1v) is 8.75. The quantitative estimate of drug-likeness (QED) is 0.568. The molecule has 0 fully saturated rings. The first kappa shape index (κ1) is 16.3. The summed E-state index contributed by atoms with van der Waals surface area (Å²) in [5.74, 6) is -0.0870. The highest BCUT2D eigenvalue weighted by Crippen LogP contribution is 2.36. The topological polar surface area (TPSA) is 79.2 Å². The number of para-hydroxylation sites is 1. The van der Waals surface area contributed by atoms with Crippen LogP contribution in [0.3, 0.4) is 0 Å². The Morgan fingerprint density at radius 2 is 1.96 bits per heavy atom. The average molecular weight is 349 g/mol. The predicted molar refractivity (Wildman–Crippen MR) is 99.2 cm³/mol. The molecule has 26 heavy (non-hydrogen) atoms. The van der Waals surface area contributed by atoms with E-state index in [0.717, 1.165) is 24.1 Å². The largest absolute Gasteiger partial charge is 0.356 e. The van der Waals surface area contributed by atoms with Crippen LogP contribution >= 0.6 is 0 Å². The third kappa shape index (κ3) is 2.54. The zero-order chi connectivity index (χ0) is 18.3. The number of non-ortho nitro benzene ring substituents is 1. The van der Waals surface area contributed by atoms with Gasteiger partial charge in [0.05, 0.1) is 11.0 Å². The summed E-state index contributed by atoms with van der Waals surface area (Å²) in [5.41, 5.74) is 3.97. The Morgan fingerprint density at radius 1 is 1.23 bits per heavy atom. The summed E-state index contributed by atoms with van der Waals surface area (Å²) >= 11 is 0. The van der Waals surface area contributed by atoms with Crippen molar-refractivity contribution in [1.29, 1.82) is 0 Å². The van der Waals surface area contributed by atoms with Crippen molar-refractivity contribution in [3.63, 3.8) is 0 Å². The van der Waals surface area contributed by atoms with Gasteiger partial charge in [-0.3, -0.25) is 14.9 Å². The summed E-state index contributed by atoms with van der Waals surface area (Å²) in [6.45, 7) is 2.71. The fourth-order valence-electron chi connectivity index (χ4n) is 3.88. The molecule has 1 aliphatic rings. The Bertz CT molecular complexity index is 991. The molecule has 4 rings (SSSR count). The molecule has 1 aliphatic heterocycles. The molecule has 2 aromatic carbocycles. The third-order valence-corrected chi connectivity index (χ3v) is 5.13. The van der Waals surface area contributed by atoms with Crippen LogP contribution in [0, 0.1) is 10.1 Å². The first-order chi connectivity index (χ1) is 12.6. The van der Waals surface area contributed by atoms with Crippen LogP contribution in [0.25, 0.3) is 10.9 Å². The molecule has 1 amide bonds. The second kappa shape index (κ2) is 6.29. The molecule has 0 saturated heterocycles. The van der Waals surface area contributed by atoms with Crippen LogP contribution in [0.2, 0.25) is 0 Å². The van der Waals surface area contributed by atoms with E-state index in [1.807, 2.05) is 17.0 Å². The number of nitrogens with zero attached hydrogens (tertiary/aromatic N) is 2. The van der Waals surface area contributed by atoms with Crippen molar-refractivity contribution in [3.05, 3.63) is 75.5 Å². The number of nitro groups is 1. The number of hydrogen-bond acceptors (Lipinski definition) is 3. The number of fused-ring (bicyclic) bond motifs is 3. The molecular formula is C20H19N3O3. The minimum Gasteiger partial charge on any atom is -0.356 e. The van der Waals surface area contributed by atoms with E-state index in [9.17, 15) is 14.9 Å². The normalized spacial score (nSPS) is 16.5. The van der Waals surface area contributed by atoms with Gasteiger partial charge >= 0.3 is 0 Å². The molecule has 1 N–H and O–H groups in total. The molecule has 0 spiro atoms. The highest BCUT2D eigenvalue weighted by molar-refractivity contribution is 5.95. The third-order valence-electron chi connectivity index (χ3n) is 5.13. The molecule has 1 aromatic heterocycles. The van der Waals surface area contributed by atoms with E-state index in [1.54, 1.807) is 0 Å². The van der Waals surface area contributed by atoms with Gasteiger partial charge < -0.3 is 9.88 Å². The van der Waals surface area contributed by atoms with Crippen LogP contribution in [0.5, 0.6) is 0 Å². The molecule has 1 atom stereocenters. The zero-order valence-corrected chi connectivity index (χ0v) is 14.4. The van der Waals surface area contributed by atoms with Gasteiger partial charge in [0.1, 0.15) is 0 Å². The van der Waals surface area contributed by atoms with E-state index in [0.29, 0.717) is 12.1 Å². The number of nitro benzene ring substituents is 1. The fraction of sp³-hybridized carbons (Fsp3) is 0.250. The van der Waals surface area contributed by atoms with E-state index in [4.69, 9.17) is 0 Å². The number of benzene rings is 2. The van der Waals surface area contributed by atoms with Crippen molar-refractivity contribution >= 4 is 22.5 Å². The molecule has 6 nitrogen and oxygen atoms in total. The lowest BCUT2D eigenvalue weighted by Gasteiger charge is -2.35. The van der Waals surface area contributed by atoms with Crippen molar-refractivity contribution in [1.82, 2.24) is 9.88 Å². The molecule has 0 bridgehead atoms. The van der Waals surface area contributed by atoms with Crippen LogP contribution < -0.4 is 0 Å². The number of carbonyl (C=O) groups is 1. The van der Waals surface area contributed by atoms with Crippen molar-refractivity contribution in [3.8, 4) is 0 Å². The molecule has 3 aromatic rings. The predicted octanol–water partition coefficient (Wildman–Crippen LogP) is 4.23. The Kier molecular flexibility index (Phi) is 3.95. The molecule has 0 saturated carbocycles. The molecular weight excluding hydrogens is 330 g/mol. The lowest BCUT2D eigenvalue weighted by molar-refractivity contribution is -0.384. The fourth-order valence-corrected chi connectivity index (χ4v) is 3.88. The monoisotopic (exact) mass is 349 g/mol. The second-order valence-corrected chi connectivity index (χ2v) is 6.54. The molecule has 0 radical (unpaired) electrons. The lowest BCUT2D eigenvalue weighted by atomic mass is 9.95. The summed E-state index contributed by atoms with van der Waals surface area (Å²) in [5, 5.41) is 12.0. The van der Waals surface area contributed by atoms with Crippen molar-refractivity contribution < 1.29 is 9.72 Å².